The van der Waals surface area contributed by atoms with E-state index in [0.717, 1.165) is 28.6 Å². The third kappa shape index (κ3) is 4.88. The molecule has 1 aromatic carbocycles. The van der Waals surface area contributed by atoms with Gasteiger partial charge in [-0.05, 0) is 35.6 Å². The van der Waals surface area contributed by atoms with Crippen molar-refractivity contribution in [2.45, 2.75) is 32.5 Å². The molecular formula is C13H18Br2O. The third-order valence-corrected chi connectivity index (χ3v) is 3.66. The minimum Gasteiger partial charge on any atom is -0.494 e. The highest BCUT2D eigenvalue weighted by Crippen LogP contribution is 2.25. The second-order valence-electron chi connectivity index (χ2n) is 5.05. The van der Waals surface area contributed by atoms with Gasteiger partial charge in [0.05, 0.1) is 6.61 Å². The van der Waals surface area contributed by atoms with Crippen LogP contribution in [0.4, 0.5) is 0 Å². The van der Waals surface area contributed by atoms with Gasteiger partial charge in [0.25, 0.3) is 0 Å². The van der Waals surface area contributed by atoms with Crippen LogP contribution < -0.4 is 4.74 Å². The van der Waals surface area contributed by atoms with Gasteiger partial charge in [0, 0.05) is 9.80 Å². The molecule has 0 saturated carbocycles. The van der Waals surface area contributed by atoms with E-state index in [4.69, 9.17) is 4.74 Å². The molecule has 0 aliphatic heterocycles. The molecule has 1 nitrogen and oxygen atoms in total. The Hall–Kier alpha value is -0.0200. The van der Waals surface area contributed by atoms with Crippen LogP contribution in [0.1, 0.15) is 32.8 Å². The molecule has 0 unspecified atom stereocenters. The smallest absolute Gasteiger partial charge is 0.119 e. The minimum atomic E-state index is 0.327. The van der Waals surface area contributed by atoms with Gasteiger partial charge in [0.2, 0.25) is 0 Å². The molecule has 3 heteroatoms. The minimum absolute atomic E-state index is 0.327. The quantitative estimate of drug-likeness (QED) is 0.682. The zero-order valence-electron chi connectivity index (χ0n) is 10.0. The van der Waals surface area contributed by atoms with Crippen LogP contribution in [0.25, 0.3) is 0 Å². The van der Waals surface area contributed by atoms with Crippen molar-refractivity contribution in [3.8, 4) is 5.75 Å². The number of rotatable bonds is 4. The van der Waals surface area contributed by atoms with E-state index in [1.807, 2.05) is 12.1 Å². The van der Waals surface area contributed by atoms with Crippen LogP contribution in [0.3, 0.4) is 0 Å². The van der Waals surface area contributed by atoms with Crippen LogP contribution in [0.15, 0.2) is 22.7 Å². The summed E-state index contributed by atoms with van der Waals surface area (Å²) in [6.07, 6.45) is 1.06. The number of hydrogen-bond donors (Lipinski definition) is 0. The van der Waals surface area contributed by atoms with E-state index in [2.05, 4.69) is 58.7 Å². The maximum absolute atomic E-state index is 5.74. The van der Waals surface area contributed by atoms with Gasteiger partial charge in [0.1, 0.15) is 5.75 Å². The molecule has 0 amide bonds. The van der Waals surface area contributed by atoms with Gasteiger partial charge in [-0.25, -0.2) is 0 Å². The van der Waals surface area contributed by atoms with Crippen molar-refractivity contribution < 1.29 is 4.74 Å². The van der Waals surface area contributed by atoms with Crippen LogP contribution in [-0.4, -0.2) is 6.61 Å². The molecule has 0 fully saturated rings. The van der Waals surface area contributed by atoms with E-state index < -0.39 is 0 Å². The Morgan fingerprint density at radius 3 is 2.50 bits per heavy atom. The zero-order chi connectivity index (χ0) is 12.2. The lowest BCUT2D eigenvalue weighted by Gasteiger charge is -2.18. The van der Waals surface area contributed by atoms with Gasteiger partial charge in [-0.3, -0.25) is 0 Å². The molecular weight excluding hydrogens is 332 g/mol. The van der Waals surface area contributed by atoms with Crippen LogP contribution in [0.2, 0.25) is 0 Å². The Morgan fingerprint density at radius 1 is 1.25 bits per heavy atom. The Bertz CT molecular complexity index is 342. The van der Waals surface area contributed by atoms with Gasteiger partial charge in [-0.15, -0.1) is 0 Å². The summed E-state index contributed by atoms with van der Waals surface area (Å²) >= 11 is 6.96. The lowest BCUT2D eigenvalue weighted by molar-refractivity contribution is 0.243. The van der Waals surface area contributed by atoms with Gasteiger partial charge in [-0.1, -0.05) is 52.6 Å². The summed E-state index contributed by atoms with van der Waals surface area (Å²) in [6.45, 7) is 7.44. The second-order valence-corrected chi connectivity index (χ2v) is 6.46. The molecule has 90 valence electrons. The first-order chi connectivity index (χ1) is 7.42. The number of halogens is 2. The molecule has 0 N–H and O–H groups in total. The summed E-state index contributed by atoms with van der Waals surface area (Å²) in [5, 5.41) is 0.837. The largest absolute Gasteiger partial charge is 0.494 e. The van der Waals surface area contributed by atoms with E-state index >= 15 is 0 Å². The standard InChI is InChI=1S/C13H18Br2O/c1-13(2,3)6-7-16-11-4-5-12(15)10(8-11)9-14/h4-5,8H,6-7,9H2,1-3H3. The van der Waals surface area contributed by atoms with Crippen molar-refractivity contribution >= 4 is 31.9 Å². The number of hydrogen-bond acceptors (Lipinski definition) is 1. The molecule has 0 aliphatic carbocycles. The highest BCUT2D eigenvalue weighted by Gasteiger charge is 2.10. The van der Waals surface area contributed by atoms with Crippen LogP contribution >= 0.6 is 31.9 Å². The Labute approximate surface area is 115 Å². The lowest BCUT2D eigenvalue weighted by atomic mass is 9.93. The van der Waals surface area contributed by atoms with E-state index in [1.165, 1.54) is 5.56 Å². The summed E-state index contributed by atoms with van der Waals surface area (Å²) in [5.41, 5.74) is 1.54. The van der Waals surface area contributed by atoms with Crippen molar-refractivity contribution in [2.75, 3.05) is 6.61 Å². The van der Waals surface area contributed by atoms with Crippen LogP contribution in [-0.2, 0) is 5.33 Å². The molecule has 0 spiro atoms. The van der Waals surface area contributed by atoms with Crippen molar-refractivity contribution in [3.05, 3.63) is 28.2 Å². The fraction of sp³-hybridized carbons (Fsp3) is 0.538. The first-order valence-corrected chi connectivity index (χ1v) is 7.31. The van der Waals surface area contributed by atoms with Crippen molar-refractivity contribution in [3.63, 3.8) is 0 Å². The third-order valence-electron chi connectivity index (χ3n) is 2.28. The average Bonchev–Trinajstić information content (AvgIpc) is 2.18. The fourth-order valence-corrected chi connectivity index (χ4v) is 2.45. The van der Waals surface area contributed by atoms with Crippen LogP contribution in [0.5, 0.6) is 5.75 Å². The number of alkyl halides is 1. The molecule has 1 rings (SSSR count). The summed E-state index contributed by atoms with van der Waals surface area (Å²) in [7, 11) is 0. The average molecular weight is 350 g/mol. The van der Waals surface area contributed by atoms with Crippen LogP contribution in [0, 0.1) is 5.41 Å². The molecule has 0 atom stereocenters. The Kier molecular flexibility index (Phi) is 5.32. The first-order valence-electron chi connectivity index (χ1n) is 5.39. The van der Waals surface area contributed by atoms with Gasteiger partial charge >= 0.3 is 0 Å². The first kappa shape index (κ1) is 14.0. The predicted octanol–water partition coefficient (Wildman–Crippen LogP) is 5.16. The second kappa shape index (κ2) is 6.06. The summed E-state index contributed by atoms with van der Waals surface area (Å²) in [6, 6.07) is 6.10. The van der Waals surface area contributed by atoms with Crippen molar-refractivity contribution in [1.29, 1.82) is 0 Å². The molecule has 16 heavy (non-hydrogen) atoms. The fourth-order valence-electron chi connectivity index (χ4n) is 1.22. The monoisotopic (exact) mass is 348 g/mol. The molecule has 1 aromatic rings. The summed E-state index contributed by atoms with van der Waals surface area (Å²) < 4.78 is 6.86. The van der Waals surface area contributed by atoms with E-state index in [-0.39, 0.29) is 0 Å². The van der Waals surface area contributed by atoms with E-state index in [1.54, 1.807) is 0 Å². The number of ether oxygens (including phenoxy) is 1. The van der Waals surface area contributed by atoms with E-state index in [0.29, 0.717) is 5.41 Å². The summed E-state index contributed by atoms with van der Waals surface area (Å²) in [5.74, 6) is 0.946. The highest BCUT2D eigenvalue weighted by atomic mass is 79.9. The molecule has 0 bridgehead atoms. The normalized spacial score (nSPS) is 11.6. The topological polar surface area (TPSA) is 9.23 Å². The predicted molar refractivity (Wildman–Crippen MR) is 76.3 cm³/mol. The Morgan fingerprint density at radius 2 is 1.94 bits per heavy atom. The van der Waals surface area contributed by atoms with Crippen molar-refractivity contribution in [1.82, 2.24) is 0 Å². The maximum Gasteiger partial charge on any atom is 0.119 e. The molecule has 0 aromatic heterocycles. The van der Waals surface area contributed by atoms with Crippen molar-refractivity contribution in [2.24, 2.45) is 5.41 Å². The molecule has 0 radical (unpaired) electrons. The van der Waals surface area contributed by atoms with Gasteiger partial charge < -0.3 is 4.74 Å². The lowest BCUT2D eigenvalue weighted by Crippen LogP contribution is -2.11. The van der Waals surface area contributed by atoms with E-state index in [9.17, 15) is 0 Å². The summed E-state index contributed by atoms with van der Waals surface area (Å²) in [4.78, 5) is 0. The van der Waals surface area contributed by atoms with Gasteiger partial charge in [-0.2, -0.15) is 0 Å². The van der Waals surface area contributed by atoms with Gasteiger partial charge in [0.15, 0.2) is 0 Å². The highest BCUT2D eigenvalue weighted by molar-refractivity contribution is 9.10. The molecule has 0 aliphatic rings. The maximum atomic E-state index is 5.74. The molecule has 0 saturated heterocycles. The number of benzene rings is 1. The SMILES string of the molecule is CC(C)(C)CCOc1ccc(Br)c(CBr)c1. The Balaban J connectivity index is 2.55. The molecule has 0 heterocycles. The zero-order valence-corrected chi connectivity index (χ0v) is 13.2.